The van der Waals surface area contributed by atoms with Gasteiger partial charge in [-0.2, -0.15) is 0 Å². The van der Waals surface area contributed by atoms with Crippen LogP contribution in [0.4, 0.5) is 5.69 Å². The van der Waals surface area contributed by atoms with E-state index < -0.39 is 0 Å². The number of anilines is 1. The lowest BCUT2D eigenvalue weighted by Crippen LogP contribution is -2.34. The molecule has 172 valence electrons. The number of amides is 1. The fraction of sp³-hybridized carbons (Fsp3) is 0.296. The van der Waals surface area contributed by atoms with Crippen molar-refractivity contribution in [2.75, 3.05) is 32.8 Å². The lowest BCUT2D eigenvalue weighted by molar-refractivity contribution is -0.118. The minimum absolute atomic E-state index is 0.0945. The fourth-order valence-corrected chi connectivity index (χ4v) is 5.49. The summed E-state index contributed by atoms with van der Waals surface area (Å²) in [4.78, 5) is 16.6. The van der Waals surface area contributed by atoms with Crippen LogP contribution in [0, 0.1) is 0 Å². The predicted octanol–water partition coefficient (Wildman–Crippen LogP) is 6.09. The summed E-state index contributed by atoms with van der Waals surface area (Å²) in [7, 11) is 4.94. The molecule has 0 aliphatic carbocycles. The topological polar surface area (TPSA) is 48.0 Å². The molecule has 5 nitrogen and oxygen atoms in total. The van der Waals surface area contributed by atoms with Gasteiger partial charge in [0.1, 0.15) is 17.2 Å². The van der Waals surface area contributed by atoms with E-state index >= 15 is 0 Å². The third kappa shape index (κ3) is 4.96. The Morgan fingerprint density at radius 2 is 1.64 bits per heavy atom. The van der Waals surface area contributed by atoms with Crippen LogP contribution >= 0.6 is 11.8 Å². The first kappa shape index (κ1) is 23.1. The van der Waals surface area contributed by atoms with Crippen LogP contribution in [-0.4, -0.2) is 33.8 Å². The van der Waals surface area contributed by atoms with E-state index in [1.807, 2.05) is 59.5 Å². The summed E-state index contributed by atoms with van der Waals surface area (Å²) in [5.74, 6) is 2.50. The number of benzene rings is 3. The molecular weight excluding hydrogens is 434 g/mol. The number of fused-ring (bicyclic) bond motifs is 1. The van der Waals surface area contributed by atoms with Gasteiger partial charge in [0.25, 0.3) is 0 Å². The molecule has 4 rings (SSSR count). The Hall–Kier alpha value is -3.12. The first-order valence-corrected chi connectivity index (χ1v) is 11.8. The maximum Gasteiger partial charge on any atom is 0.228 e. The number of methoxy groups -OCH3 is 3. The Balaban J connectivity index is 1.72. The smallest absolute Gasteiger partial charge is 0.228 e. The summed E-state index contributed by atoms with van der Waals surface area (Å²) >= 11 is 1.67. The van der Waals surface area contributed by atoms with E-state index in [1.54, 1.807) is 33.1 Å². The molecule has 0 radical (unpaired) electrons. The summed E-state index contributed by atoms with van der Waals surface area (Å²) in [5.41, 5.74) is 3.11. The van der Waals surface area contributed by atoms with Crippen LogP contribution in [0.25, 0.3) is 0 Å². The lowest BCUT2D eigenvalue weighted by atomic mass is 10.00. The monoisotopic (exact) mass is 463 g/mol. The Kier molecular flexibility index (Phi) is 7.14. The molecule has 1 amide bonds. The molecule has 2 unspecified atom stereocenters. The maximum absolute atomic E-state index is 13.6. The molecule has 0 spiro atoms. The standard InChI is InChI=1S/C27H29NO4S/c1-18(19-8-6-5-7-9-19)17-28-23-13-11-21(31-3)15-26(23)33-25(16-27(28)29)22-12-10-20(30-2)14-24(22)32-4/h5-15,18,25H,16-17H2,1-4H3. The molecule has 0 saturated carbocycles. The van der Waals surface area contributed by atoms with Gasteiger partial charge in [0.05, 0.1) is 27.0 Å². The number of carbonyl (C=O) groups is 1. The molecular formula is C27H29NO4S. The molecule has 0 saturated heterocycles. The number of thioether (sulfide) groups is 1. The van der Waals surface area contributed by atoms with Crippen molar-refractivity contribution in [3.8, 4) is 17.2 Å². The maximum atomic E-state index is 13.6. The third-order valence-electron chi connectivity index (χ3n) is 6.00. The van der Waals surface area contributed by atoms with Crippen molar-refractivity contribution in [2.45, 2.75) is 29.4 Å². The van der Waals surface area contributed by atoms with Crippen molar-refractivity contribution in [2.24, 2.45) is 0 Å². The van der Waals surface area contributed by atoms with Gasteiger partial charge in [0.15, 0.2) is 0 Å². The van der Waals surface area contributed by atoms with Gasteiger partial charge in [-0.05, 0) is 35.7 Å². The molecule has 33 heavy (non-hydrogen) atoms. The molecule has 6 heteroatoms. The second-order valence-electron chi connectivity index (χ2n) is 8.07. The summed E-state index contributed by atoms with van der Waals surface area (Å²) in [5, 5.41) is -0.0961. The fourth-order valence-electron chi connectivity index (χ4n) is 4.16. The second-order valence-corrected chi connectivity index (χ2v) is 9.31. The Morgan fingerprint density at radius 3 is 2.33 bits per heavy atom. The Morgan fingerprint density at radius 1 is 0.939 bits per heavy atom. The van der Waals surface area contributed by atoms with Crippen molar-refractivity contribution in [1.82, 2.24) is 0 Å². The average Bonchev–Trinajstić information content (AvgIpc) is 2.99. The molecule has 3 aromatic rings. The van der Waals surface area contributed by atoms with Gasteiger partial charge < -0.3 is 19.1 Å². The summed E-state index contributed by atoms with van der Waals surface area (Å²) in [6.45, 7) is 2.77. The molecule has 1 aliphatic heterocycles. The van der Waals surface area contributed by atoms with Crippen LogP contribution in [0.2, 0.25) is 0 Å². The van der Waals surface area contributed by atoms with Crippen molar-refractivity contribution in [3.05, 3.63) is 77.9 Å². The number of ether oxygens (including phenoxy) is 3. The van der Waals surface area contributed by atoms with Crippen molar-refractivity contribution < 1.29 is 19.0 Å². The SMILES string of the molecule is COc1ccc(C2CC(=O)N(CC(C)c3ccccc3)c3ccc(OC)cc3S2)c(OC)c1. The Bertz CT molecular complexity index is 1120. The highest BCUT2D eigenvalue weighted by Gasteiger charge is 2.32. The van der Waals surface area contributed by atoms with E-state index in [1.165, 1.54) is 5.56 Å². The molecule has 3 aromatic carbocycles. The van der Waals surface area contributed by atoms with Crippen LogP contribution < -0.4 is 19.1 Å². The average molecular weight is 464 g/mol. The summed E-state index contributed by atoms with van der Waals surface area (Å²) in [6.07, 6.45) is 0.367. The van der Waals surface area contributed by atoms with Crippen molar-refractivity contribution in [1.29, 1.82) is 0 Å². The van der Waals surface area contributed by atoms with Gasteiger partial charge in [-0.1, -0.05) is 43.3 Å². The third-order valence-corrected chi connectivity index (χ3v) is 7.29. The van der Waals surface area contributed by atoms with E-state index in [0.29, 0.717) is 13.0 Å². The highest BCUT2D eigenvalue weighted by molar-refractivity contribution is 7.99. The van der Waals surface area contributed by atoms with Crippen molar-refractivity contribution >= 4 is 23.4 Å². The second kappa shape index (κ2) is 10.2. The highest BCUT2D eigenvalue weighted by Crippen LogP contribution is 2.49. The van der Waals surface area contributed by atoms with Gasteiger partial charge in [0.2, 0.25) is 5.91 Å². The number of hydrogen-bond donors (Lipinski definition) is 0. The molecule has 0 bridgehead atoms. The normalized spacial score (nSPS) is 16.5. The van der Waals surface area contributed by atoms with Gasteiger partial charge in [-0.3, -0.25) is 4.79 Å². The van der Waals surface area contributed by atoms with Gasteiger partial charge in [-0.25, -0.2) is 0 Å². The van der Waals surface area contributed by atoms with E-state index in [4.69, 9.17) is 14.2 Å². The minimum Gasteiger partial charge on any atom is -0.497 e. The number of carbonyl (C=O) groups excluding carboxylic acids is 1. The predicted molar refractivity (Wildman–Crippen MR) is 133 cm³/mol. The molecule has 2 atom stereocenters. The van der Waals surface area contributed by atoms with E-state index in [2.05, 4.69) is 19.1 Å². The molecule has 0 aromatic heterocycles. The van der Waals surface area contributed by atoms with Gasteiger partial charge in [-0.15, -0.1) is 11.8 Å². The summed E-state index contributed by atoms with van der Waals surface area (Å²) < 4.78 is 16.5. The molecule has 1 heterocycles. The zero-order valence-corrected chi connectivity index (χ0v) is 20.2. The van der Waals surface area contributed by atoms with Crippen molar-refractivity contribution in [3.63, 3.8) is 0 Å². The zero-order valence-electron chi connectivity index (χ0n) is 19.4. The molecule has 0 fully saturated rings. The van der Waals surface area contributed by atoms with Crippen LogP contribution in [0.1, 0.15) is 35.6 Å². The summed E-state index contributed by atoms with van der Waals surface area (Å²) in [6, 6.07) is 22.0. The number of rotatable bonds is 7. The van der Waals surface area contributed by atoms with Crippen LogP contribution in [-0.2, 0) is 4.79 Å². The molecule has 1 aliphatic rings. The van der Waals surface area contributed by atoms with Crippen LogP contribution in [0.5, 0.6) is 17.2 Å². The van der Waals surface area contributed by atoms with Gasteiger partial charge >= 0.3 is 0 Å². The van der Waals surface area contributed by atoms with Crippen LogP contribution in [0.3, 0.4) is 0 Å². The number of hydrogen-bond acceptors (Lipinski definition) is 5. The van der Waals surface area contributed by atoms with Gasteiger partial charge in [0, 0.05) is 34.7 Å². The highest BCUT2D eigenvalue weighted by atomic mass is 32.2. The number of nitrogens with zero attached hydrogens (tertiary/aromatic N) is 1. The van der Waals surface area contributed by atoms with Crippen LogP contribution in [0.15, 0.2) is 71.6 Å². The Labute approximate surface area is 199 Å². The zero-order chi connectivity index (χ0) is 23.4. The first-order valence-electron chi connectivity index (χ1n) is 11.0. The quantitative estimate of drug-likeness (QED) is 0.425. The van der Waals surface area contributed by atoms with E-state index in [9.17, 15) is 4.79 Å². The van der Waals surface area contributed by atoms with E-state index in [-0.39, 0.29) is 17.1 Å². The largest absolute Gasteiger partial charge is 0.497 e. The lowest BCUT2D eigenvalue weighted by Gasteiger charge is -2.26. The first-order chi connectivity index (χ1) is 16.0. The molecule has 0 N–H and O–H groups in total. The van der Waals surface area contributed by atoms with E-state index in [0.717, 1.165) is 33.4 Å². The minimum atomic E-state index is -0.0961.